The maximum atomic E-state index is 13.5. The molecule has 3 rings (SSSR count). The van der Waals surface area contributed by atoms with E-state index in [1.807, 2.05) is 24.3 Å². The Kier molecular flexibility index (Phi) is 7.00. The van der Waals surface area contributed by atoms with Gasteiger partial charge in [-0.1, -0.05) is 67.7 Å². The number of hydrogen-bond donors (Lipinski definition) is 1. The number of carbonyl (C=O) groups is 1. The highest BCUT2D eigenvalue weighted by atomic mass is 32.2. The van der Waals surface area contributed by atoms with Gasteiger partial charge in [-0.3, -0.25) is 4.79 Å². The molecule has 0 saturated carbocycles. The van der Waals surface area contributed by atoms with Crippen LogP contribution >= 0.6 is 0 Å². The topological polar surface area (TPSA) is 92.5 Å². The van der Waals surface area contributed by atoms with E-state index >= 15 is 0 Å². The number of benzene rings is 2. The molecule has 0 spiro atoms. The number of fused-ring (bicyclic) bond motifs is 1. The molecular formula is C21H25N3O4S. The Morgan fingerprint density at radius 1 is 1.07 bits per heavy atom. The number of amides is 1. The van der Waals surface area contributed by atoms with Crippen LogP contribution in [0, 0.1) is 0 Å². The van der Waals surface area contributed by atoms with E-state index in [9.17, 15) is 13.2 Å². The first-order valence-electron chi connectivity index (χ1n) is 9.70. The molecule has 0 saturated heterocycles. The van der Waals surface area contributed by atoms with Crippen molar-refractivity contribution in [3.8, 4) is 0 Å². The zero-order valence-electron chi connectivity index (χ0n) is 16.4. The summed E-state index contributed by atoms with van der Waals surface area (Å²) < 4.78 is 32.9. The van der Waals surface area contributed by atoms with Crippen molar-refractivity contribution in [2.45, 2.75) is 37.5 Å². The molecule has 8 heteroatoms. The number of nitrogens with one attached hydrogen (secondary N) is 1. The van der Waals surface area contributed by atoms with Crippen LogP contribution in [0.15, 0.2) is 64.2 Å². The summed E-state index contributed by atoms with van der Waals surface area (Å²) in [6.07, 6.45) is 5.00. The molecule has 154 valence electrons. The Morgan fingerprint density at radius 2 is 1.86 bits per heavy atom. The van der Waals surface area contributed by atoms with Crippen molar-refractivity contribution in [2.75, 3.05) is 18.4 Å². The maximum Gasteiger partial charge on any atom is 0.244 e. The fraction of sp³-hybridized carbons (Fsp3) is 0.333. The molecule has 0 fully saturated rings. The lowest BCUT2D eigenvalue weighted by molar-refractivity contribution is -0.116. The number of carbonyl (C=O) groups excluding carboxylic acids is 1. The predicted octanol–water partition coefficient (Wildman–Crippen LogP) is 4.04. The van der Waals surface area contributed by atoms with Crippen LogP contribution in [-0.4, -0.2) is 36.9 Å². The number of rotatable bonds is 10. The van der Waals surface area contributed by atoms with Gasteiger partial charge in [0.2, 0.25) is 15.9 Å². The predicted molar refractivity (Wildman–Crippen MR) is 112 cm³/mol. The summed E-state index contributed by atoms with van der Waals surface area (Å²) in [7, 11) is -3.86. The molecule has 1 aromatic heterocycles. The summed E-state index contributed by atoms with van der Waals surface area (Å²) >= 11 is 0. The lowest BCUT2D eigenvalue weighted by Gasteiger charge is -2.22. The first kappa shape index (κ1) is 21.0. The monoisotopic (exact) mass is 415 g/mol. The summed E-state index contributed by atoms with van der Waals surface area (Å²) in [6.45, 7) is 2.08. The summed E-state index contributed by atoms with van der Waals surface area (Å²) in [6, 6.07) is 14.0. The first-order valence-corrected chi connectivity index (χ1v) is 11.1. The normalized spacial score (nSPS) is 11.8. The van der Waals surface area contributed by atoms with E-state index in [0.717, 1.165) is 24.6 Å². The largest absolute Gasteiger partial charge is 0.363 e. The van der Waals surface area contributed by atoms with E-state index < -0.39 is 15.9 Å². The minimum Gasteiger partial charge on any atom is -0.363 e. The standard InChI is InChI=1S/C21H25N3O4S/c1-2-3-4-7-14-24(16-21(25)22-20-13-15-28-23-20)29(26,27)19-12-8-10-17-9-5-6-11-18(17)19/h5-6,8-13,15H,2-4,7,14,16H2,1H3,(H,22,23,25). The van der Waals surface area contributed by atoms with Crippen LogP contribution in [0.1, 0.15) is 32.6 Å². The number of hydrogen-bond acceptors (Lipinski definition) is 5. The van der Waals surface area contributed by atoms with E-state index in [4.69, 9.17) is 4.52 Å². The van der Waals surface area contributed by atoms with E-state index in [0.29, 0.717) is 11.8 Å². The van der Waals surface area contributed by atoms with Crippen molar-refractivity contribution in [3.05, 3.63) is 54.8 Å². The van der Waals surface area contributed by atoms with E-state index in [2.05, 4.69) is 17.4 Å². The summed E-state index contributed by atoms with van der Waals surface area (Å²) in [5.74, 6) is -0.207. The van der Waals surface area contributed by atoms with Gasteiger partial charge in [-0.25, -0.2) is 8.42 Å². The van der Waals surface area contributed by atoms with Gasteiger partial charge in [0.15, 0.2) is 5.82 Å². The Balaban J connectivity index is 1.87. The van der Waals surface area contributed by atoms with Gasteiger partial charge in [-0.2, -0.15) is 4.31 Å². The third-order valence-electron chi connectivity index (χ3n) is 4.65. The molecule has 7 nitrogen and oxygen atoms in total. The molecule has 3 aromatic rings. The second-order valence-electron chi connectivity index (χ2n) is 6.81. The number of unbranched alkanes of at least 4 members (excludes halogenated alkanes) is 3. The van der Waals surface area contributed by atoms with E-state index in [-0.39, 0.29) is 23.8 Å². The molecule has 0 unspecified atom stereocenters. The molecule has 1 amide bonds. The molecule has 2 aromatic carbocycles. The molecular weight excluding hydrogens is 390 g/mol. The van der Waals surface area contributed by atoms with Crippen LogP contribution in [0.5, 0.6) is 0 Å². The summed E-state index contributed by atoms with van der Waals surface area (Å²) in [5, 5.41) is 7.68. The van der Waals surface area contributed by atoms with Gasteiger partial charge in [0.05, 0.1) is 11.4 Å². The number of sulfonamides is 1. The number of anilines is 1. The lowest BCUT2D eigenvalue weighted by Crippen LogP contribution is -2.38. The van der Waals surface area contributed by atoms with Crippen molar-refractivity contribution in [2.24, 2.45) is 0 Å². The van der Waals surface area contributed by atoms with Crippen molar-refractivity contribution in [1.82, 2.24) is 9.46 Å². The third kappa shape index (κ3) is 5.21. The fourth-order valence-electron chi connectivity index (χ4n) is 3.18. The lowest BCUT2D eigenvalue weighted by atomic mass is 10.1. The van der Waals surface area contributed by atoms with Gasteiger partial charge in [0.1, 0.15) is 6.26 Å². The average molecular weight is 416 g/mol. The minimum absolute atomic E-state index is 0.209. The quantitative estimate of drug-likeness (QED) is 0.505. The summed E-state index contributed by atoms with van der Waals surface area (Å²) in [5.41, 5.74) is 0. The Morgan fingerprint density at radius 3 is 2.62 bits per heavy atom. The number of nitrogens with zero attached hydrogens (tertiary/aromatic N) is 2. The number of aromatic nitrogens is 1. The van der Waals surface area contributed by atoms with Crippen LogP contribution in [0.4, 0.5) is 5.82 Å². The highest BCUT2D eigenvalue weighted by Crippen LogP contribution is 2.26. The second-order valence-corrected chi connectivity index (χ2v) is 8.72. The van der Waals surface area contributed by atoms with E-state index in [1.54, 1.807) is 18.2 Å². The van der Waals surface area contributed by atoms with Crippen LogP contribution in [-0.2, 0) is 14.8 Å². The van der Waals surface area contributed by atoms with Gasteiger partial charge in [-0.15, -0.1) is 0 Å². The zero-order chi connectivity index (χ0) is 20.7. The molecule has 0 aliphatic carbocycles. The Bertz CT molecular complexity index is 1040. The van der Waals surface area contributed by atoms with Crippen LogP contribution in [0.3, 0.4) is 0 Å². The molecule has 0 aliphatic rings. The highest BCUT2D eigenvalue weighted by molar-refractivity contribution is 7.89. The average Bonchev–Trinajstić information content (AvgIpc) is 3.22. The second kappa shape index (κ2) is 9.67. The maximum absolute atomic E-state index is 13.5. The van der Waals surface area contributed by atoms with Crippen molar-refractivity contribution < 1.29 is 17.7 Å². The molecule has 0 atom stereocenters. The van der Waals surface area contributed by atoms with Crippen LogP contribution in [0.25, 0.3) is 10.8 Å². The fourth-order valence-corrected chi connectivity index (χ4v) is 4.83. The first-order chi connectivity index (χ1) is 14.0. The van der Waals surface area contributed by atoms with Gasteiger partial charge in [0.25, 0.3) is 0 Å². The Labute approximate surface area is 170 Å². The van der Waals surface area contributed by atoms with E-state index in [1.165, 1.54) is 16.6 Å². The molecule has 1 heterocycles. The molecule has 29 heavy (non-hydrogen) atoms. The Hall–Kier alpha value is -2.71. The highest BCUT2D eigenvalue weighted by Gasteiger charge is 2.28. The molecule has 0 aliphatic heterocycles. The van der Waals surface area contributed by atoms with Gasteiger partial charge < -0.3 is 9.84 Å². The van der Waals surface area contributed by atoms with Crippen molar-refractivity contribution in [3.63, 3.8) is 0 Å². The van der Waals surface area contributed by atoms with Crippen molar-refractivity contribution >= 4 is 32.5 Å². The smallest absolute Gasteiger partial charge is 0.244 e. The molecule has 1 N–H and O–H groups in total. The van der Waals surface area contributed by atoms with Gasteiger partial charge in [0, 0.05) is 18.0 Å². The van der Waals surface area contributed by atoms with Gasteiger partial charge >= 0.3 is 0 Å². The van der Waals surface area contributed by atoms with Crippen molar-refractivity contribution in [1.29, 1.82) is 0 Å². The molecule has 0 radical (unpaired) electrons. The SMILES string of the molecule is CCCCCCN(CC(=O)Nc1ccon1)S(=O)(=O)c1cccc2ccccc12. The minimum atomic E-state index is -3.86. The third-order valence-corrected chi connectivity index (χ3v) is 6.56. The molecule has 0 bridgehead atoms. The van der Waals surface area contributed by atoms with Crippen LogP contribution in [0.2, 0.25) is 0 Å². The van der Waals surface area contributed by atoms with Crippen LogP contribution < -0.4 is 5.32 Å². The summed E-state index contributed by atoms with van der Waals surface area (Å²) in [4.78, 5) is 12.7. The van der Waals surface area contributed by atoms with Gasteiger partial charge in [-0.05, 0) is 17.9 Å². The zero-order valence-corrected chi connectivity index (χ0v) is 17.2.